The number of nitrogens with zero attached hydrogens (tertiary/aromatic N) is 4. The van der Waals surface area contributed by atoms with Gasteiger partial charge in [-0.1, -0.05) is 18.2 Å². The molecule has 1 atom stereocenters. The maximum absolute atomic E-state index is 13.9. The van der Waals surface area contributed by atoms with Gasteiger partial charge < -0.3 is 19.7 Å². The van der Waals surface area contributed by atoms with Crippen LogP contribution in [0, 0.1) is 5.82 Å². The van der Waals surface area contributed by atoms with Crippen molar-refractivity contribution < 1.29 is 14.2 Å². The first-order valence-corrected chi connectivity index (χ1v) is 11.3. The summed E-state index contributed by atoms with van der Waals surface area (Å²) in [5, 5.41) is 11.9. The predicted octanol–water partition coefficient (Wildman–Crippen LogP) is 3.15. The van der Waals surface area contributed by atoms with Gasteiger partial charge in [0.05, 0.1) is 18.7 Å². The number of H-pyrrole nitrogens is 1. The van der Waals surface area contributed by atoms with E-state index in [4.69, 9.17) is 4.74 Å². The summed E-state index contributed by atoms with van der Waals surface area (Å²) in [6.07, 6.45) is 1.88. The summed E-state index contributed by atoms with van der Waals surface area (Å²) in [5.74, 6) is 1.23. The lowest BCUT2D eigenvalue weighted by Gasteiger charge is -2.35. The average Bonchev–Trinajstić information content (AvgIpc) is 3.27. The van der Waals surface area contributed by atoms with Crippen molar-refractivity contribution in [2.45, 2.75) is 12.5 Å². The highest BCUT2D eigenvalue weighted by Gasteiger charge is 2.22. The maximum atomic E-state index is 13.9. The van der Waals surface area contributed by atoms with Crippen molar-refractivity contribution in [1.29, 1.82) is 0 Å². The summed E-state index contributed by atoms with van der Waals surface area (Å²) in [4.78, 5) is 16.7. The Kier molecular flexibility index (Phi) is 6.22. The van der Waals surface area contributed by atoms with E-state index in [2.05, 4.69) is 24.8 Å². The Morgan fingerprint density at radius 2 is 1.85 bits per heavy atom. The number of aliphatic hydroxyl groups excluding tert-OH is 1. The number of hydrogen-bond donors (Lipinski definition) is 2. The molecule has 1 saturated heterocycles. The number of benzene rings is 2. The van der Waals surface area contributed by atoms with Crippen molar-refractivity contribution in [2.75, 3.05) is 46.4 Å². The molecule has 0 spiro atoms. The number of ether oxygens (including phenoxy) is 1. The van der Waals surface area contributed by atoms with Crippen molar-refractivity contribution in [3.05, 3.63) is 65.9 Å². The van der Waals surface area contributed by atoms with Gasteiger partial charge >= 0.3 is 0 Å². The number of halogens is 1. The average molecular weight is 450 g/mol. The number of β-amino-alcohol motifs (C(OH)–C–C–N with tert-alkyl or cyclic N) is 1. The SMILES string of the molecule is COc1cccc2c(C(O)CN3CCN(CCc4nc5c(F)cccc5[nH]4)CC3)ccnc12. The number of aliphatic hydroxyl groups is 1. The largest absolute Gasteiger partial charge is 0.494 e. The topological polar surface area (TPSA) is 77.5 Å². The maximum Gasteiger partial charge on any atom is 0.151 e. The van der Waals surface area contributed by atoms with Gasteiger partial charge in [0, 0.05) is 57.3 Å². The Morgan fingerprint density at radius 1 is 1.06 bits per heavy atom. The minimum absolute atomic E-state index is 0.289. The molecular weight excluding hydrogens is 421 g/mol. The van der Waals surface area contributed by atoms with Gasteiger partial charge in [0.25, 0.3) is 0 Å². The Morgan fingerprint density at radius 3 is 2.64 bits per heavy atom. The third-order valence-electron chi connectivity index (χ3n) is 6.42. The third-order valence-corrected chi connectivity index (χ3v) is 6.42. The highest BCUT2D eigenvalue weighted by molar-refractivity contribution is 5.87. The van der Waals surface area contributed by atoms with Gasteiger partial charge in [0.2, 0.25) is 0 Å². The zero-order chi connectivity index (χ0) is 22.8. The number of rotatable bonds is 7. The molecule has 2 N–H and O–H groups in total. The molecule has 1 aliphatic rings. The normalized spacial score (nSPS) is 16.5. The van der Waals surface area contributed by atoms with Crippen LogP contribution < -0.4 is 4.74 Å². The highest BCUT2D eigenvalue weighted by Crippen LogP contribution is 2.29. The van der Waals surface area contributed by atoms with Crippen molar-refractivity contribution in [3.8, 4) is 5.75 Å². The number of aromatic amines is 1. The van der Waals surface area contributed by atoms with Gasteiger partial charge in [0.15, 0.2) is 5.82 Å². The van der Waals surface area contributed by atoms with E-state index in [1.807, 2.05) is 30.3 Å². The fraction of sp³-hybridized carbons (Fsp3) is 0.360. The first kappa shape index (κ1) is 21.8. The van der Waals surface area contributed by atoms with E-state index in [0.29, 0.717) is 17.8 Å². The van der Waals surface area contributed by atoms with E-state index in [9.17, 15) is 9.50 Å². The lowest BCUT2D eigenvalue weighted by Crippen LogP contribution is -2.48. The van der Waals surface area contributed by atoms with Crippen LogP contribution in [0.3, 0.4) is 0 Å². The van der Waals surface area contributed by atoms with Crippen LogP contribution in [0.2, 0.25) is 0 Å². The second kappa shape index (κ2) is 9.43. The molecular formula is C25H28FN5O2. The molecule has 1 fully saturated rings. The van der Waals surface area contributed by atoms with Crippen molar-refractivity contribution in [1.82, 2.24) is 24.8 Å². The van der Waals surface area contributed by atoms with E-state index in [1.165, 1.54) is 6.07 Å². The monoisotopic (exact) mass is 449 g/mol. The molecule has 8 heteroatoms. The third kappa shape index (κ3) is 4.55. The molecule has 3 heterocycles. The van der Waals surface area contributed by atoms with E-state index >= 15 is 0 Å². The van der Waals surface area contributed by atoms with Crippen LogP contribution in [-0.4, -0.2) is 76.2 Å². The summed E-state index contributed by atoms with van der Waals surface area (Å²) >= 11 is 0. The van der Waals surface area contributed by atoms with E-state index in [0.717, 1.165) is 67.0 Å². The minimum Gasteiger partial charge on any atom is -0.494 e. The number of nitrogens with one attached hydrogen (secondary N) is 1. The molecule has 0 bridgehead atoms. The minimum atomic E-state index is -0.598. The highest BCUT2D eigenvalue weighted by atomic mass is 19.1. The van der Waals surface area contributed by atoms with Crippen LogP contribution in [0.1, 0.15) is 17.5 Å². The number of fused-ring (bicyclic) bond motifs is 2. The van der Waals surface area contributed by atoms with Crippen molar-refractivity contribution in [2.24, 2.45) is 0 Å². The molecule has 0 radical (unpaired) electrons. The number of imidazole rings is 1. The molecule has 1 unspecified atom stereocenters. The molecule has 5 rings (SSSR count). The lowest BCUT2D eigenvalue weighted by atomic mass is 10.0. The number of hydrogen-bond acceptors (Lipinski definition) is 6. The van der Waals surface area contributed by atoms with Crippen LogP contribution in [0.5, 0.6) is 5.75 Å². The molecule has 4 aromatic rings. The van der Waals surface area contributed by atoms with Crippen LogP contribution in [-0.2, 0) is 6.42 Å². The standard InChI is InChI=1S/C25H28FN5O2/c1-33-22-7-2-4-18-17(8-10-27-24(18)22)21(32)16-31-14-12-30(13-15-31)11-9-23-28-20-6-3-5-19(26)25(20)29-23/h2-8,10,21,32H,9,11-16H2,1H3,(H,28,29). The fourth-order valence-corrected chi connectivity index (χ4v) is 4.59. The first-order chi connectivity index (χ1) is 16.1. The van der Waals surface area contributed by atoms with E-state index in [1.54, 1.807) is 19.4 Å². The Balaban J connectivity index is 1.16. The molecule has 7 nitrogen and oxygen atoms in total. The molecule has 172 valence electrons. The Hall–Kier alpha value is -3.07. The predicted molar refractivity (Wildman–Crippen MR) is 126 cm³/mol. The fourth-order valence-electron chi connectivity index (χ4n) is 4.59. The molecule has 0 amide bonds. The lowest BCUT2D eigenvalue weighted by molar-refractivity contribution is 0.0734. The molecule has 2 aromatic carbocycles. The van der Waals surface area contributed by atoms with E-state index < -0.39 is 6.10 Å². The van der Waals surface area contributed by atoms with Crippen LogP contribution in [0.25, 0.3) is 21.9 Å². The molecule has 33 heavy (non-hydrogen) atoms. The summed E-state index contributed by atoms with van der Waals surface area (Å²) < 4.78 is 19.3. The van der Waals surface area contributed by atoms with Gasteiger partial charge in [-0.3, -0.25) is 9.88 Å². The summed E-state index contributed by atoms with van der Waals surface area (Å²) in [5.41, 5.74) is 2.79. The van der Waals surface area contributed by atoms with Gasteiger partial charge in [-0.25, -0.2) is 9.37 Å². The number of methoxy groups -OCH3 is 1. The smallest absolute Gasteiger partial charge is 0.151 e. The zero-order valence-electron chi connectivity index (χ0n) is 18.7. The molecule has 2 aromatic heterocycles. The number of aromatic nitrogens is 3. The van der Waals surface area contributed by atoms with E-state index in [-0.39, 0.29) is 5.82 Å². The van der Waals surface area contributed by atoms with Gasteiger partial charge in [-0.15, -0.1) is 0 Å². The van der Waals surface area contributed by atoms with Crippen LogP contribution in [0.15, 0.2) is 48.7 Å². The van der Waals surface area contributed by atoms with Gasteiger partial charge in [-0.05, 0) is 29.8 Å². The first-order valence-electron chi connectivity index (χ1n) is 11.3. The molecule has 0 aliphatic carbocycles. The zero-order valence-corrected chi connectivity index (χ0v) is 18.7. The van der Waals surface area contributed by atoms with Crippen molar-refractivity contribution >= 4 is 21.9 Å². The summed E-state index contributed by atoms with van der Waals surface area (Å²) in [6, 6.07) is 12.6. The van der Waals surface area contributed by atoms with Gasteiger partial charge in [0.1, 0.15) is 22.6 Å². The number of pyridine rings is 1. The quantitative estimate of drug-likeness (QED) is 0.451. The summed E-state index contributed by atoms with van der Waals surface area (Å²) in [7, 11) is 1.63. The van der Waals surface area contributed by atoms with Crippen molar-refractivity contribution in [3.63, 3.8) is 0 Å². The second-order valence-corrected chi connectivity index (χ2v) is 8.48. The molecule has 1 aliphatic heterocycles. The van der Waals surface area contributed by atoms with Gasteiger partial charge in [-0.2, -0.15) is 0 Å². The second-order valence-electron chi connectivity index (χ2n) is 8.48. The Labute approximate surface area is 191 Å². The van der Waals surface area contributed by atoms with Crippen LogP contribution in [0.4, 0.5) is 4.39 Å². The summed E-state index contributed by atoms with van der Waals surface area (Å²) in [6.45, 7) is 5.06. The number of piperazine rings is 1. The van der Waals surface area contributed by atoms with Crippen LogP contribution >= 0.6 is 0 Å². The molecule has 0 saturated carbocycles. The Bertz CT molecular complexity index is 1250. The number of para-hydroxylation sites is 2.